The monoisotopic (exact) mass is 304 g/mol. The van der Waals surface area contributed by atoms with Crippen molar-refractivity contribution in [3.8, 4) is 0 Å². The van der Waals surface area contributed by atoms with Crippen LogP contribution in [0.1, 0.15) is 30.6 Å². The Bertz CT molecular complexity index is 496. The van der Waals surface area contributed by atoms with E-state index in [9.17, 15) is 4.79 Å². The highest BCUT2D eigenvalue weighted by Gasteiger charge is 2.32. The number of benzene rings is 1. The lowest BCUT2D eigenvalue weighted by atomic mass is 9.82. The number of amides is 1. The topological polar surface area (TPSA) is 41.1 Å². The van der Waals surface area contributed by atoms with Crippen LogP contribution in [0.2, 0.25) is 0 Å². The first-order valence-corrected chi connectivity index (χ1v) is 8.52. The average Bonchev–Trinajstić information content (AvgIpc) is 2.47. The summed E-state index contributed by atoms with van der Waals surface area (Å²) < 4.78 is 0. The zero-order chi connectivity index (χ0) is 15.3. The van der Waals surface area contributed by atoms with Crippen LogP contribution in [0.3, 0.4) is 0 Å². The van der Waals surface area contributed by atoms with E-state index in [4.69, 9.17) is 0 Å². The fourth-order valence-electron chi connectivity index (χ4n) is 2.36. The SMILES string of the molecule is C=CCNC(=O)c1ccc(NC2CSCCC2(C)C)cc1. The Morgan fingerprint density at radius 1 is 1.43 bits per heavy atom. The number of hydrogen-bond donors (Lipinski definition) is 2. The van der Waals surface area contributed by atoms with Gasteiger partial charge in [-0.2, -0.15) is 11.8 Å². The third kappa shape index (κ3) is 4.27. The molecule has 2 N–H and O–H groups in total. The van der Waals surface area contributed by atoms with Gasteiger partial charge in [0.25, 0.3) is 5.91 Å². The maximum atomic E-state index is 11.8. The molecule has 3 nitrogen and oxygen atoms in total. The van der Waals surface area contributed by atoms with E-state index in [-0.39, 0.29) is 5.91 Å². The predicted molar refractivity (Wildman–Crippen MR) is 92.1 cm³/mol. The number of hydrogen-bond acceptors (Lipinski definition) is 3. The number of carbonyl (C=O) groups excluding carboxylic acids is 1. The molecule has 2 rings (SSSR count). The van der Waals surface area contributed by atoms with Crippen molar-refractivity contribution in [1.82, 2.24) is 5.32 Å². The molecule has 1 heterocycles. The van der Waals surface area contributed by atoms with Crippen molar-refractivity contribution in [2.45, 2.75) is 26.3 Å². The molecule has 1 amide bonds. The molecule has 1 aliphatic rings. The Balaban J connectivity index is 1.99. The van der Waals surface area contributed by atoms with Crippen LogP contribution in [-0.2, 0) is 0 Å². The molecule has 0 bridgehead atoms. The minimum Gasteiger partial charge on any atom is -0.381 e. The average molecular weight is 304 g/mol. The summed E-state index contributed by atoms with van der Waals surface area (Å²) in [6, 6.07) is 8.17. The lowest BCUT2D eigenvalue weighted by Gasteiger charge is -2.39. The molecule has 0 aliphatic carbocycles. The fourth-order valence-corrected chi connectivity index (χ4v) is 3.97. The van der Waals surface area contributed by atoms with Crippen LogP contribution in [0.5, 0.6) is 0 Å². The summed E-state index contributed by atoms with van der Waals surface area (Å²) in [5, 5.41) is 6.39. The number of carbonyl (C=O) groups is 1. The zero-order valence-corrected chi connectivity index (χ0v) is 13.6. The summed E-state index contributed by atoms with van der Waals surface area (Å²) in [5.41, 5.74) is 2.07. The van der Waals surface area contributed by atoms with E-state index in [0.717, 1.165) is 11.4 Å². The molecule has 1 aromatic rings. The summed E-state index contributed by atoms with van der Waals surface area (Å²) in [5.74, 6) is 2.32. The third-order valence-electron chi connectivity index (χ3n) is 4.01. The highest BCUT2D eigenvalue weighted by atomic mass is 32.2. The molecule has 1 saturated heterocycles. The summed E-state index contributed by atoms with van der Waals surface area (Å²) in [6.45, 7) is 8.73. The van der Waals surface area contributed by atoms with E-state index in [1.807, 2.05) is 36.0 Å². The second-order valence-corrected chi connectivity index (χ2v) is 7.24. The van der Waals surface area contributed by atoms with E-state index < -0.39 is 0 Å². The quantitative estimate of drug-likeness (QED) is 0.818. The van der Waals surface area contributed by atoms with E-state index in [0.29, 0.717) is 23.6 Å². The first-order valence-electron chi connectivity index (χ1n) is 7.36. The third-order valence-corrected chi connectivity index (χ3v) is 5.08. The lowest BCUT2D eigenvalue weighted by Crippen LogP contribution is -2.41. The van der Waals surface area contributed by atoms with Crippen molar-refractivity contribution in [3.05, 3.63) is 42.5 Å². The smallest absolute Gasteiger partial charge is 0.251 e. The van der Waals surface area contributed by atoms with Crippen LogP contribution in [0.4, 0.5) is 5.69 Å². The van der Waals surface area contributed by atoms with Gasteiger partial charge in [-0.25, -0.2) is 0 Å². The van der Waals surface area contributed by atoms with Gasteiger partial charge in [0.2, 0.25) is 0 Å². The van der Waals surface area contributed by atoms with Gasteiger partial charge in [0, 0.05) is 29.6 Å². The van der Waals surface area contributed by atoms with Crippen LogP contribution in [-0.4, -0.2) is 30.0 Å². The second kappa shape index (κ2) is 7.03. The van der Waals surface area contributed by atoms with Gasteiger partial charge in [0.05, 0.1) is 0 Å². The molecule has 1 unspecified atom stereocenters. The van der Waals surface area contributed by atoms with Crippen molar-refractivity contribution in [3.63, 3.8) is 0 Å². The van der Waals surface area contributed by atoms with E-state index >= 15 is 0 Å². The van der Waals surface area contributed by atoms with Crippen LogP contribution in [0, 0.1) is 5.41 Å². The van der Waals surface area contributed by atoms with Gasteiger partial charge in [-0.3, -0.25) is 4.79 Å². The summed E-state index contributed by atoms with van der Waals surface area (Å²) in [7, 11) is 0. The van der Waals surface area contributed by atoms with Crippen molar-refractivity contribution < 1.29 is 4.79 Å². The lowest BCUT2D eigenvalue weighted by molar-refractivity contribution is 0.0958. The molecular weight excluding hydrogens is 280 g/mol. The normalized spacial score (nSPS) is 20.6. The molecule has 0 spiro atoms. The molecule has 1 aliphatic heterocycles. The number of nitrogens with one attached hydrogen (secondary N) is 2. The summed E-state index contributed by atoms with van der Waals surface area (Å²) in [4.78, 5) is 11.8. The number of rotatable bonds is 5. The molecular formula is C17H24N2OS. The molecule has 0 aromatic heterocycles. The number of thioether (sulfide) groups is 1. The molecule has 21 heavy (non-hydrogen) atoms. The van der Waals surface area contributed by atoms with Gasteiger partial charge in [0.1, 0.15) is 0 Å². The molecule has 1 fully saturated rings. The van der Waals surface area contributed by atoms with E-state index in [1.165, 1.54) is 12.2 Å². The van der Waals surface area contributed by atoms with Gasteiger partial charge >= 0.3 is 0 Å². The molecule has 1 atom stereocenters. The number of anilines is 1. The van der Waals surface area contributed by atoms with E-state index in [1.54, 1.807) is 6.08 Å². The second-order valence-electron chi connectivity index (χ2n) is 6.09. The summed E-state index contributed by atoms with van der Waals surface area (Å²) >= 11 is 2.01. The zero-order valence-electron chi connectivity index (χ0n) is 12.8. The Morgan fingerprint density at radius 3 is 2.76 bits per heavy atom. The largest absolute Gasteiger partial charge is 0.381 e. The van der Waals surface area contributed by atoms with Gasteiger partial charge < -0.3 is 10.6 Å². The molecule has 0 radical (unpaired) electrons. The Labute approximate surface area is 131 Å². The minimum absolute atomic E-state index is 0.0602. The van der Waals surface area contributed by atoms with Gasteiger partial charge in [-0.1, -0.05) is 19.9 Å². The van der Waals surface area contributed by atoms with Crippen molar-refractivity contribution in [2.75, 3.05) is 23.4 Å². The predicted octanol–water partition coefficient (Wildman–Crippen LogP) is 3.55. The van der Waals surface area contributed by atoms with Crippen LogP contribution in [0.15, 0.2) is 36.9 Å². The highest BCUT2D eigenvalue weighted by molar-refractivity contribution is 7.99. The minimum atomic E-state index is -0.0602. The molecule has 1 aromatic carbocycles. The highest BCUT2D eigenvalue weighted by Crippen LogP contribution is 2.35. The Morgan fingerprint density at radius 2 is 2.14 bits per heavy atom. The molecule has 0 saturated carbocycles. The van der Waals surface area contributed by atoms with Crippen LogP contribution < -0.4 is 10.6 Å². The maximum Gasteiger partial charge on any atom is 0.251 e. The molecule has 114 valence electrons. The van der Waals surface area contributed by atoms with Crippen LogP contribution >= 0.6 is 11.8 Å². The first-order chi connectivity index (χ1) is 10.0. The Hall–Kier alpha value is -1.42. The van der Waals surface area contributed by atoms with Crippen molar-refractivity contribution in [1.29, 1.82) is 0 Å². The van der Waals surface area contributed by atoms with Gasteiger partial charge in [0.15, 0.2) is 0 Å². The molecule has 4 heteroatoms. The summed E-state index contributed by atoms with van der Waals surface area (Å²) in [6.07, 6.45) is 2.91. The standard InChI is InChI=1S/C17H24N2OS/c1-4-10-18-16(20)13-5-7-14(8-6-13)19-15-12-21-11-9-17(15,2)3/h4-8,15,19H,1,9-12H2,2-3H3,(H,18,20). The fraction of sp³-hybridized carbons (Fsp3) is 0.471. The first kappa shape index (κ1) is 16.0. The van der Waals surface area contributed by atoms with Crippen molar-refractivity contribution in [2.24, 2.45) is 5.41 Å². The maximum absolute atomic E-state index is 11.8. The van der Waals surface area contributed by atoms with Crippen molar-refractivity contribution >= 4 is 23.4 Å². The van der Waals surface area contributed by atoms with Gasteiger partial charge in [-0.15, -0.1) is 6.58 Å². The van der Waals surface area contributed by atoms with Gasteiger partial charge in [-0.05, 0) is 41.9 Å². The van der Waals surface area contributed by atoms with Crippen LogP contribution in [0.25, 0.3) is 0 Å². The Kier molecular flexibility index (Phi) is 5.34. The van der Waals surface area contributed by atoms with E-state index in [2.05, 4.69) is 31.1 Å².